The maximum absolute atomic E-state index is 13.6. The number of benzene rings is 1. The van der Waals surface area contributed by atoms with Crippen molar-refractivity contribution >= 4 is 29.1 Å². The first-order valence-corrected chi connectivity index (χ1v) is 10.4. The Morgan fingerprint density at radius 1 is 1.32 bits per heavy atom. The van der Waals surface area contributed by atoms with E-state index in [4.69, 9.17) is 19.9 Å². The predicted octanol–water partition coefficient (Wildman–Crippen LogP) is 0.877. The van der Waals surface area contributed by atoms with Gasteiger partial charge in [0.05, 0.1) is 30.5 Å². The SMILES string of the molecule is CC(=O)OC[C@@H]1C[C@@H](OC(C)=O)[C@@H](n2c(=O)n(Cc3cccc(C#N)c3)c3cnc(N)nc32)O1. The summed E-state index contributed by atoms with van der Waals surface area (Å²) in [4.78, 5) is 44.8. The summed E-state index contributed by atoms with van der Waals surface area (Å²) >= 11 is 0. The van der Waals surface area contributed by atoms with Crippen LogP contribution in [-0.2, 0) is 30.3 Å². The van der Waals surface area contributed by atoms with Gasteiger partial charge in [0.1, 0.15) is 18.2 Å². The van der Waals surface area contributed by atoms with Crippen LogP contribution in [0.5, 0.6) is 0 Å². The number of esters is 2. The predicted molar refractivity (Wildman–Crippen MR) is 117 cm³/mol. The maximum Gasteiger partial charge on any atom is 0.332 e. The second-order valence-corrected chi connectivity index (χ2v) is 7.82. The lowest BCUT2D eigenvalue weighted by Gasteiger charge is -2.19. The number of hydrogen-bond donors (Lipinski definition) is 1. The zero-order chi connectivity index (χ0) is 24.4. The molecule has 0 spiro atoms. The first kappa shape index (κ1) is 22.9. The second-order valence-electron chi connectivity index (χ2n) is 7.82. The molecule has 3 aromatic rings. The van der Waals surface area contributed by atoms with Gasteiger partial charge in [-0.25, -0.2) is 14.3 Å². The number of hydrogen-bond acceptors (Lipinski definition) is 10. The number of ether oxygens (including phenoxy) is 3. The number of carbonyl (C=O) groups excluding carboxylic acids is 2. The Hall–Kier alpha value is -4.24. The first-order chi connectivity index (χ1) is 16.3. The Morgan fingerprint density at radius 2 is 2.12 bits per heavy atom. The largest absolute Gasteiger partial charge is 0.463 e. The topological polar surface area (TPSA) is 164 Å². The minimum absolute atomic E-state index is 0.0524. The zero-order valence-electron chi connectivity index (χ0n) is 18.5. The van der Waals surface area contributed by atoms with Crippen LogP contribution in [0.3, 0.4) is 0 Å². The molecule has 1 aromatic carbocycles. The first-order valence-electron chi connectivity index (χ1n) is 10.4. The van der Waals surface area contributed by atoms with Crippen molar-refractivity contribution < 1.29 is 23.8 Å². The van der Waals surface area contributed by atoms with Crippen molar-refractivity contribution in [2.24, 2.45) is 0 Å². The number of nitrogens with two attached hydrogens (primary N) is 1. The van der Waals surface area contributed by atoms with Crippen molar-refractivity contribution in [3.05, 3.63) is 52.1 Å². The molecule has 0 unspecified atom stereocenters. The Balaban J connectivity index is 1.79. The van der Waals surface area contributed by atoms with E-state index < -0.39 is 36.1 Å². The van der Waals surface area contributed by atoms with Gasteiger partial charge >= 0.3 is 17.6 Å². The van der Waals surface area contributed by atoms with E-state index in [-0.39, 0.29) is 31.2 Å². The molecule has 0 bridgehead atoms. The van der Waals surface area contributed by atoms with Gasteiger partial charge in [-0.15, -0.1) is 0 Å². The number of nitriles is 1. The lowest BCUT2D eigenvalue weighted by Crippen LogP contribution is -2.34. The molecule has 0 aliphatic carbocycles. The average Bonchev–Trinajstić information content (AvgIpc) is 3.29. The van der Waals surface area contributed by atoms with Crippen molar-refractivity contribution in [3.63, 3.8) is 0 Å². The fourth-order valence-electron chi connectivity index (χ4n) is 3.96. The number of aromatic nitrogens is 4. The Morgan fingerprint density at radius 3 is 2.82 bits per heavy atom. The molecule has 3 atom stereocenters. The number of imidazole rings is 1. The zero-order valence-corrected chi connectivity index (χ0v) is 18.5. The minimum Gasteiger partial charge on any atom is -0.463 e. The lowest BCUT2D eigenvalue weighted by molar-refractivity contribution is -0.153. The number of rotatable bonds is 6. The number of carbonyl (C=O) groups is 2. The third kappa shape index (κ3) is 4.60. The van der Waals surface area contributed by atoms with E-state index >= 15 is 0 Å². The molecule has 0 radical (unpaired) electrons. The normalized spacial score (nSPS) is 19.6. The van der Waals surface area contributed by atoms with Crippen molar-refractivity contribution in [3.8, 4) is 6.07 Å². The fourth-order valence-corrected chi connectivity index (χ4v) is 3.96. The van der Waals surface area contributed by atoms with E-state index in [1.54, 1.807) is 24.3 Å². The molecule has 12 heteroatoms. The molecule has 1 aliphatic rings. The molecule has 1 aliphatic heterocycles. The van der Waals surface area contributed by atoms with Crippen LogP contribution in [0, 0.1) is 11.3 Å². The third-order valence-electron chi connectivity index (χ3n) is 5.31. The summed E-state index contributed by atoms with van der Waals surface area (Å²) in [6, 6.07) is 8.93. The molecule has 2 N–H and O–H groups in total. The molecule has 176 valence electrons. The summed E-state index contributed by atoms with van der Waals surface area (Å²) in [5.74, 6) is -1.08. The van der Waals surface area contributed by atoms with E-state index in [1.165, 1.54) is 29.2 Å². The van der Waals surface area contributed by atoms with Crippen LogP contribution in [0.4, 0.5) is 5.95 Å². The quantitative estimate of drug-likeness (QED) is 0.515. The maximum atomic E-state index is 13.6. The number of anilines is 1. The average molecular weight is 466 g/mol. The fraction of sp³-hybridized carbons (Fsp3) is 0.364. The van der Waals surface area contributed by atoms with Gasteiger partial charge in [0.25, 0.3) is 0 Å². The van der Waals surface area contributed by atoms with Crippen LogP contribution < -0.4 is 11.4 Å². The van der Waals surface area contributed by atoms with Crippen molar-refractivity contribution in [2.75, 3.05) is 12.3 Å². The van der Waals surface area contributed by atoms with Gasteiger partial charge in [-0.05, 0) is 17.7 Å². The summed E-state index contributed by atoms with van der Waals surface area (Å²) in [6.07, 6.45) is -0.819. The van der Waals surface area contributed by atoms with Crippen molar-refractivity contribution in [1.29, 1.82) is 5.26 Å². The van der Waals surface area contributed by atoms with Gasteiger partial charge in [0.2, 0.25) is 5.95 Å². The van der Waals surface area contributed by atoms with E-state index in [0.29, 0.717) is 16.6 Å². The molecule has 1 fully saturated rings. The lowest BCUT2D eigenvalue weighted by atomic mass is 10.1. The molecule has 1 saturated heterocycles. The number of nitrogen functional groups attached to an aromatic ring is 1. The highest BCUT2D eigenvalue weighted by molar-refractivity contribution is 5.72. The molecular weight excluding hydrogens is 444 g/mol. The van der Waals surface area contributed by atoms with E-state index in [2.05, 4.69) is 16.0 Å². The minimum atomic E-state index is -1.03. The van der Waals surface area contributed by atoms with Crippen molar-refractivity contribution in [2.45, 2.75) is 45.2 Å². The highest BCUT2D eigenvalue weighted by atomic mass is 16.6. The summed E-state index contributed by atoms with van der Waals surface area (Å²) in [5, 5.41) is 9.19. The van der Waals surface area contributed by atoms with Gasteiger partial charge in [0.15, 0.2) is 11.9 Å². The van der Waals surface area contributed by atoms with Crippen LogP contribution in [0.15, 0.2) is 35.3 Å². The molecule has 0 saturated carbocycles. The smallest absolute Gasteiger partial charge is 0.332 e. The number of nitrogens with zero attached hydrogens (tertiary/aromatic N) is 5. The van der Waals surface area contributed by atoms with Crippen LogP contribution >= 0.6 is 0 Å². The standard InChI is InChI=1S/C22H22N6O6/c1-12(29)32-11-16-7-18(33-13(2)30)20(34-16)28-19-17(9-25-21(24)26-19)27(22(28)31)10-15-5-3-4-14(6-15)8-23/h3-6,9,16,18,20H,7,10-11H2,1-2H3,(H2,24,25,26)/t16-,18+,20-/m0/s1. The van der Waals surface area contributed by atoms with E-state index in [9.17, 15) is 19.6 Å². The molecule has 2 aromatic heterocycles. The molecule has 12 nitrogen and oxygen atoms in total. The van der Waals surface area contributed by atoms with Gasteiger partial charge in [0, 0.05) is 20.3 Å². The van der Waals surface area contributed by atoms with Crippen LogP contribution in [-0.4, -0.2) is 49.9 Å². The summed E-state index contributed by atoms with van der Waals surface area (Å²) in [7, 11) is 0. The summed E-state index contributed by atoms with van der Waals surface area (Å²) in [6.45, 7) is 2.60. The van der Waals surface area contributed by atoms with Crippen molar-refractivity contribution in [1.82, 2.24) is 19.1 Å². The van der Waals surface area contributed by atoms with Gasteiger partial charge in [-0.3, -0.25) is 14.2 Å². The molecule has 4 rings (SSSR count). The highest BCUT2D eigenvalue weighted by Gasteiger charge is 2.41. The van der Waals surface area contributed by atoms with Gasteiger partial charge in [-0.1, -0.05) is 12.1 Å². The number of fused-ring (bicyclic) bond motifs is 1. The van der Waals surface area contributed by atoms with E-state index in [0.717, 1.165) is 0 Å². The third-order valence-corrected chi connectivity index (χ3v) is 5.31. The van der Waals surface area contributed by atoms with Gasteiger partial charge in [-0.2, -0.15) is 10.2 Å². The molecule has 34 heavy (non-hydrogen) atoms. The second kappa shape index (κ2) is 9.32. The monoisotopic (exact) mass is 466 g/mol. The van der Waals surface area contributed by atoms with Crippen LogP contribution in [0.1, 0.15) is 37.6 Å². The highest BCUT2D eigenvalue weighted by Crippen LogP contribution is 2.33. The van der Waals surface area contributed by atoms with E-state index in [1.807, 2.05) is 0 Å². The Kier molecular flexibility index (Phi) is 6.29. The summed E-state index contributed by atoms with van der Waals surface area (Å²) < 4.78 is 19.1. The molecule has 3 heterocycles. The van der Waals surface area contributed by atoms with Crippen LogP contribution in [0.25, 0.3) is 11.2 Å². The Bertz CT molecular complexity index is 1360. The summed E-state index contributed by atoms with van der Waals surface area (Å²) in [5.41, 5.74) is 7.06. The van der Waals surface area contributed by atoms with Crippen LogP contribution in [0.2, 0.25) is 0 Å². The Labute approximate surface area is 193 Å². The molecule has 0 amide bonds. The molecular formula is C22H22N6O6. The van der Waals surface area contributed by atoms with Gasteiger partial charge < -0.3 is 19.9 Å².